The zero-order valence-corrected chi connectivity index (χ0v) is 11.0. The molecule has 0 unspecified atom stereocenters. The molecule has 1 aliphatic heterocycles. The van der Waals surface area contributed by atoms with E-state index < -0.39 is 0 Å². The first-order valence-electron chi connectivity index (χ1n) is 6.25. The number of fused-ring (bicyclic) bond motifs is 1. The van der Waals surface area contributed by atoms with Crippen LogP contribution in [0.1, 0.15) is 12.3 Å². The van der Waals surface area contributed by atoms with Crippen LogP contribution in [0.25, 0.3) is 11.5 Å². The first kappa shape index (κ1) is 12.6. The second-order valence-electron chi connectivity index (χ2n) is 4.44. The van der Waals surface area contributed by atoms with Crippen molar-refractivity contribution in [2.75, 3.05) is 18.6 Å². The fourth-order valence-electron chi connectivity index (χ4n) is 2.04. The van der Waals surface area contributed by atoms with Crippen LogP contribution in [0.4, 0.5) is 5.69 Å². The number of carbonyl (C=O) groups excluding carboxylic acids is 1. The van der Waals surface area contributed by atoms with Gasteiger partial charge in [-0.05, 0) is 18.2 Å². The predicted octanol–water partition coefficient (Wildman–Crippen LogP) is 0.941. The van der Waals surface area contributed by atoms with Gasteiger partial charge in [0, 0.05) is 12.6 Å². The highest BCUT2D eigenvalue weighted by molar-refractivity contribution is 5.95. The molecule has 7 heteroatoms. The molecule has 2 aromatic rings. The Morgan fingerprint density at radius 3 is 3.00 bits per heavy atom. The van der Waals surface area contributed by atoms with Gasteiger partial charge in [0.15, 0.2) is 0 Å². The predicted molar refractivity (Wildman–Crippen MR) is 71.1 cm³/mol. The topological polar surface area (TPSA) is 94.5 Å². The molecule has 3 rings (SSSR count). The number of aromatic nitrogens is 2. The maximum Gasteiger partial charge on any atom is 0.247 e. The number of rotatable bonds is 2. The molecule has 0 bridgehead atoms. The van der Waals surface area contributed by atoms with E-state index in [1.807, 2.05) is 6.07 Å². The molecule has 7 nitrogen and oxygen atoms in total. The molecule has 1 amide bonds. The van der Waals surface area contributed by atoms with E-state index in [0.717, 1.165) is 5.56 Å². The van der Waals surface area contributed by atoms with Crippen molar-refractivity contribution in [2.45, 2.75) is 13.0 Å². The fourth-order valence-corrected chi connectivity index (χ4v) is 2.04. The highest BCUT2D eigenvalue weighted by atomic mass is 16.5. The number of hydrogen-bond donors (Lipinski definition) is 1. The Labute approximate surface area is 115 Å². The Kier molecular flexibility index (Phi) is 3.11. The van der Waals surface area contributed by atoms with E-state index in [-0.39, 0.29) is 12.5 Å². The SMILES string of the molecule is CN1C(=O)CCOc2ccc(-c3nnc(CN)o3)cc21. The normalized spacial score (nSPS) is 14.7. The quantitative estimate of drug-likeness (QED) is 0.875. The van der Waals surface area contributed by atoms with Crippen molar-refractivity contribution in [1.29, 1.82) is 0 Å². The Bertz CT molecular complexity index is 653. The van der Waals surface area contributed by atoms with Crippen molar-refractivity contribution < 1.29 is 13.9 Å². The van der Waals surface area contributed by atoms with Crippen LogP contribution in [0.5, 0.6) is 5.75 Å². The van der Waals surface area contributed by atoms with E-state index in [0.29, 0.717) is 36.2 Å². The van der Waals surface area contributed by atoms with Crippen molar-refractivity contribution in [1.82, 2.24) is 10.2 Å². The van der Waals surface area contributed by atoms with Gasteiger partial charge in [0.1, 0.15) is 5.75 Å². The Balaban J connectivity index is 2.03. The smallest absolute Gasteiger partial charge is 0.247 e. The summed E-state index contributed by atoms with van der Waals surface area (Å²) in [7, 11) is 1.72. The minimum atomic E-state index is 0.00840. The summed E-state index contributed by atoms with van der Waals surface area (Å²) in [6, 6.07) is 5.41. The van der Waals surface area contributed by atoms with Crippen molar-refractivity contribution in [3.05, 3.63) is 24.1 Å². The van der Waals surface area contributed by atoms with Gasteiger partial charge in [0.05, 0.1) is 25.3 Å². The summed E-state index contributed by atoms with van der Waals surface area (Å²) in [6.07, 6.45) is 0.360. The summed E-state index contributed by atoms with van der Waals surface area (Å²) in [5.41, 5.74) is 6.86. The molecule has 2 N–H and O–H groups in total. The van der Waals surface area contributed by atoms with Crippen LogP contribution in [0.3, 0.4) is 0 Å². The van der Waals surface area contributed by atoms with E-state index in [2.05, 4.69) is 10.2 Å². The molecule has 1 aromatic heterocycles. The van der Waals surface area contributed by atoms with Crippen molar-refractivity contribution in [3.8, 4) is 17.2 Å². The number of anilines is 1. The molecule has 1 aliphatic rings. The minimum Gasteiger partial charge on any atom is -0.491 e. The summed E-state index contributed by atoms with van der Waals surface area (Å²) in [6.45, 7) is 0.576. The fraction of sp³-hybridized carbons (Fsp3) is 0.308. The highest BCUT2D eigenvalue weighted by Crippen LogP contribution is 2.34. The zero-order chi connectivity index (χ0) is 14.1. The molecule has 0 spiro atoms. The van der Waals surface area contributed by atoms with Crippen molar-refractivity contribution >= 4 is 11.6 Å². The lowest BCUT2D eigenvalue weighted by molar-refractivity contribution is -0.118. The van der Waals surface area contributed by atoms with Crippen LogP contribution in [-0.2, 0) is 11.3 Å². The summed E-state index contributed by atoms with van der Waals surface area (Å²) < 4.78 is 11.0. The monoisotopic (exact) mass is 274 g/mol. The van der Waals surface area contributed by atoms with E-state index >= 15 is 0 Å². The summed E-state index contributed by atoms with van der Waals surface area (Å²) in [4.78, 5) is 13.4. The number of nitrogens with two attached hydrogens (primary N) is 1. The third kappa shape index (κ3) is 2.12. The van der Waals surface area contributed by atoms with Crippen LogP contribution >= 0.6 is 0 Å². The number of ether oxygens (including phenoxy) is 1. The van der Waals surface area contributed by atoms with Gasteiger partial charge < -0.3 is 19.8 Å². The maximum atomic E-state index is 11.9. The molecule has 0 saturated carbocycles. The molecule has 104 valence electrons. The van der Waals surface area contributed by atoms with Crippen molar-refractivity contribution in [2.24, 2.45) is 5.73 Å². The van der Waals surface area contributed by atoms with E-state index in [1.165, 1.54) is 0 Å². The van der Waals surface area contributed by atoms with Gasteiger partial charge in [-0.3, -0.25) is 4.79 Å². The molecular weight excluding hydrogens is 260 g/mol. The second-order valence-corrected chi connectivity index (χ2v) is 4.44. The van der Waals surface area contributed by atoms with Crippen LogP contribution in [0.2, 0.25) is 0 Å². The second kappa shape index (κ2) is 4.93. The lowest BCUT2D eigenvalue weighted by atomic mass is 10.1. The minimum absolute atomic E-state index is 0.00840. The Morgan fingerprint density at radius 2 is 2.25 bits per heavy atom. The molecule has 2 heterocycles. The molecule has 0 radical (unpaired) electrons. The van der Waals surface area contributed by atoms with E-state index in [9.17, 15) is 4.79 Å². The van der Waals surface area contributed by atoms with Gasteiger partial charge in [0.2, 0.25) is 17.7 Å². The highest BCUT2D eigenvalue weighted by Gasteiger charge is 2.21. The Morgan fingerprint density at radius 1 is 1.40 bits per heavy atom. The largest absolute Gasteiger partial charge is 0.491 e. The molecule has 1 aromatic carbocycles. The van der Waals surface area contributed by atoms with Gasteiger partial charge in [-0.15, -0.1) is 10.2 Å². The maximum absolute atomic E-state index is 11.9. The third-order valence-corrected chi connectivity index (χ3v) is 3.16. The molecule has 0 aliphatic carbocycles. The Hall–Kier alpha value is -2.41. The van der Waals surface area contributed by atoms with Crippen LogP contribution in [0.15, 0.2) is 22.6 Å². The number of hydrogen-bond acceptors (Lipinski definition) is 6. The van der Waals surface area contributed by atoms with Crippen molar-refractivity contribution in [3.63, 3.8) is 0 Å². The van der Waals surface area contributed by atoms with Gasteiger partial charge in [-0.2, -0.15) is 0 Å². The zero-order valence-electron chi connectivity index (χ0n) is 11.0. The number of amides is 1. The number of carbonyl (C=O) groups is 1. The molecule has 20 heavy (non-hydrogen) atoms. The van der Waals surface area contributed by atoms with Gasteiger partial charge in [0.25, 0.3) is 0 Å². The van der Waals surface area contributed by atoms with E-state index in [4.69, 9.17) is 14.9 Å². The number of nitrogens with zero attached hydrogens (tertiary/aromatic N) is 3. The average Bonchev–Trinajstić information content (AvgIpc) is 2.90. The molecule has 0 fully saturated rings. The third-order valence-electron chi connectivity index (χ3n) is 3.16. The van der Waals surface area contributed by atoms with Crippen LogP contribution in [0, 0.1) is 0 Å². The number of benzene rings is 1. The van der Waals surface area contributed by atoms with Crippen LogP contribution in [-0.4, -0.2) is 29.8 Å². The van der Waals surface area contributed by atoms with Gasteiger partial charge in [-0.25, -0.2) is 0 Å². The summed E-state index contributed by atoms with van der Waals surface area (Å²) in [5.74, 6) is 1.42. The summed E-state index contributed by atoms with van der Waals surface area (Å²) in [5, 5.41) is 7.75. The molecule has 0 saturated heterocycles. The standard InChI is InChI=1S/C13H14N4O3/c1-17-9-6-8(13-16-15-11(7-14)20-13)2-3-10(9)19-5-4-12(17)18/h2-3,6H,4-5,7,14H2,1H3. The van der Waals surface area contributed by atoms with Crippen LogP contribution < -0.4 is 15.4 Å². The lowest BCUT2D eigenvalue weighted by Gasteiger charge is -2.16. The molecular formula is C13H14N4O3. The molecule has 0 atom stereocenters. The van der Waals surface area contributed by atoms with E-state index in [1.54, 1.807) is 24.1 Å². The lowest BCUT2D eigenvalue weighted by Crippen LogP contribution is -2.25. The first-order chi connectivity index (χ1) is 9.69. The van der Waals surface area contributed by atoms with Gasteiger partial charge in [-0.1, -0.05) is 0 Å². The van der Waals surface area contributed by atoms with Gasteiger partial charge >= 0.3 is 0 Å². The summed E-state index contributed by atoms with van der Waals surface area (Å²) >= 11 is 0. The first-order valence-corrected chi connectivity index (χ1v) is 6.25. The average molecular weight is 274 g/mol.